The summed E-state index contributed by atoms with van der Waals surface area (Å²) in [4.78, 5) is 43.9. The van der Waals surface area contributed by atoms with Gasteiger partial charge in [0.2, 0.25) is 20.9 Å². The molecule has 0 unspecified atom stereocenters. The molecule has 8 aromatic rings. The average Bonchev–Trinajstić information content (AvgIpc) is 3.27. The molecule has 4 heterocycles. The van der Waals surface area contributed by atoms with E-state index in [-0.39, 0.29) is 34.8 Å². The summed E-state index contributed by atoms with van der Waals surface area (Å²) in [6.07, 6.45) is 3.91. The van der Waals surface area contributed by atoms with Crippen LogP contribution in [0.25, 0.3) is 55.7 Å². The highest BCUT2D eigenvalue weighted by Gasteiger charge is 2.24. The van der Waals surface area contributed by atoms with Gasteiger partial charge in [0, 0.05) is 67.8 Å². The minimum absolute atomic E-state index is 0.0906. The number of nitrogens with one attached hydrogen (secondary N) is 1. The lowest BCUT2D eigenvalue weighted by Crippen LogP contribution is -2.40. The Bertz CT molecular complexity index is 3360. The van der Waals surface area contributed by atoms with Crippen molar-refractivity contribution in [2.24, 2.45) is 5.73 Å². The molecule has 0 aliphatic rings. The first-order chi connectivity index (χ1) is 31.8. The summed E-state index contributed by atoms with van der Waals surface area (Å²) in [5, 5.41) is 23.7. The van der Waals surface area contributed by atoms with Crippen molar-refractivity contribution in [3.8, 4) is 33.6 Å². The molecule has 0 aliphatic carbocycles. The molecule has 0 saturated carbocycles. The van der Waals surface area contributed by atoms with Crippen molar-refractivity contribution in [1.29, 1.82) is 0 Å². The molecule has 354 valence electrons. The van der Waals surface area contributed by atoms with Crippen LogP contribution >= 0.6 is 23.2 Å². The van der Waals surface area contributed by atoms with Gasteiger partial charge in [-0.05, 0) is 114 Å². The van der Waals surface area contributed by atoms with Crippen LogP contribution in [0.15, 0.2) is 136 Å². The van der Waals surface area contributed by atoms with Gasteiger partial charge in [-0.1, -0.05) is 59.6 Å². The molecular formula is C49H48Cl2F2N8O6S. The molecule has 0 aliphatic heterocycles. The summed E-state index contributed by atoms with van der Waals surface area (Å²) in [6, 6.07) is 27.5. The highest BCUT2D eigenvalue weighted by atomic mass is 35.5. The van der Waals surface area contributed by atoms with E-state index in [9.17, 15) is 31.9 Å². The lowest BCUT2D eigenvalue weighted by Gasteiger charge is -2.26. The minimum atomic E-state index is -3.70. The summed E-state index contributed by atoms with van der Waals surface area (Å²) >= 11 is 12.6. The molecule has 14 nitrogen and oxygen atoms in total. The Hall–Kier alpha value is -6.47. The zero-order chi connectivity index (χ0) is 49.9. The Balaban J connectivity index is 0.000000197. The summed E-state index contributed by atoms with van der Waals surface area (Å²) in [7, 11) is -3.70. The molecule has 4 aromatic carbocycles. The average molecular weight is 986 g/mol. The fourth-order valence-corrected chi connectivity index (χ4v) is 7.17. The van der Waals surface area contributed by atoms with Crippen LogP contribution < -0.4 is 22.2 Å². The quantitative estimate of drug-likeness (QED) is 0.100. The van der Waals surface area contributed by atoms with Crippen LogP contribution in [0.5, 0.6) is 0 Å². The fourth-order valence-electron chi connectivity index (χ4n) is 6.20. The van der Waals surface area contributed by atoms with E-state index in [0.29, 0.717) is 54.5 Å². The van der Waals surface area contributed by atoms with Gasteiger partial charge in [0.25, 0.3) is 11.1 Å². The highest BCUT2D eigenvalue weighted by Crippen LogP contribution is 2.30. The van der Waals surface area contributed by atoms with Crippen LogP contribution in [0.1, 0.15) is 41.5 Å². The van der Waals surface area contributed by atoms with Crippen molar-refractivity contribution >= 4 is 61.1 Å². The molecule has 0 fully saturated rings. The van der Waals surface area contributed by atoms with Crippen LogP contribution in [-0.4, -0.2) is 77.2 Å². The maximum atomic E-state index is 13.6. The summed E-state index contributed by atoms with van der Waals surface area (Å²) in [5.41, 5.74) is 5.72. The van der Waals surface area contributed by atoms with E-state index in [1.165, 1.54) is 63.9 Å². The number of sulfone groups is 1. The summed E-state index contributed by atoms with van der Waals surface area (Å²) in [6.45, 7) is 10.3. The number of halogens is 4. The molecule has 0 bridgehead atoms. The van der Waals surface area contributed by atoms with Crippen LogP contribution in [0, 0.1) is 11.6 Å². The van der Waals surface area contributed by atoms with Crippen LogP contribution in [0.2, 0.25) is 10.0 Å². The molecular weight excluding hydrogens is 938 g/mol. The zero-order valence-corrected chi connectivity index (χ0v) is 40.2. The second kappa shape index (κ2) is 20.4. The number of benzene rings is 4. The van der Waals surface area contributed by atoms with E-state index in [2.05, 4.69) is 25.3 Å². The van der Waals surface area contributed by atoms with E-state index in [1.54, 1.807) is 108 Å². The van der Waals surface area contributed by atoms with Crippen molar-refractivity contribution in [2.75, 3.05) is 11.6 Å². The van der Waals surface area contributed by atoms with Gasteiger partial charge >= 0.3 is 0 Å². The Morgan fingerprint density at radius 2 is 1.04 bits per heavy atom. The molecule has 5 N–H and O–H groups in total. The number of nitrogens with two attached hydrogens (primary N) is 1. The number of pyridine rings is 2. The Labute approximate surface area is 400 Å². The van der Waals surface area contributed by atoms with Crippen molar-refractivity contribution in [3.05, 3.63) is 164 Å². The SMILES string of the molecule is CS(=O)(=O)c1ncc2cc(-c3ccccc3Cl)c(=O)n(-c3ccc(F)cc3)c2n1.C[C@H](N)C(C)(C)O.C[C@H](Nc1ncc2cc(-c3ccccc3Cl)c(=O)n(-c3ccc(F)cc3)c2n1)C(C)(C)O. The second-order valence-electron chi connectivity index (χ2n) is 16.9. The molecule has 8 rings (SSSR count). The molecule has 0 saturated heterocycles. The normalized spacial score (nSPS) is 12.7. The predicted molar refractivity (Wildman–Crippen MR) is 264 cm³/mol. The molecule has 2 atom stereocenters. The largest absolute Gasteiger partial charge is 0.389 e. The monoisotopic (exact) mass is 984 g/mol. The number of anilines is 1. The van der Waals surface area contributed by atoms with E-state index in [4.69, 9.17) is 34.0 Å². The molecule has 4 aromatic heterocycles. The third kappa shape index (κ3) is 11.8. The zero-order valence-electron chi connectivity index (χ0n) is 37.9. The molecule has 0 spiro atoms. The topological polar surface area (TPSA) is 208 Å². The third-order valence-corrected chi connectivity index (χ3v) is 12.3. The number of nitrogens with zero attached hydrogens (tertiary/aromatic N) is 6. The Morgan fingerprint density at radius 1 is 0.647 bits per heavy atom. The van der Waals surface area contributed by atoms with Gasteiger partial charge in [0.1, 0.15) is 11.6 Å². The third-order valence-electron chi connectivity index (χ3n) is 10.8. The van der Waals surface area contributed by atoms with Gasteiger partial charge in [0.15, 0.2) is 11.3 Å². The van der Waals surface area contributed by atoms with E-state index < -0.39 is 43.4 Å². The first kappa shape index (κ1) is 50.9. The number of rotatable bonds is 9. The van der Waals surface area contributed by atoms with Gasteiger partial charge in [-0.15, -0.1) is 0 Å². The van der Waals surface area contributed by atoms with E-state index in [0.717, 1.165) is 6.26 Å². The van der Waals surface area contributed by atoms with Crippen molar-refractivity contribution in [3.63, 3.8) is 0 Å². The maximum Gasteiger partial charge on any atom is 0.264 e. The number of aromatic nitrogens is 6. The summed E-state index contributed by atoms with van der Waals surface area (Å²) in [5.74, 6) is -0.628. The second-order valence-corrected chi connectivity index (χ2v) is 19.7. The standard InChI is InChI=1S/C24H22ClFN4O2.C20H13ClFN3O3S.C5H13NO/c1-14(24(2,3)32)28-23-27-13-15-12-19(18-6-4-5-7-20(18)25)22(31)30(21(15)29-23)17-10-8-16(26)9-11-17;1-29(27,28)20-23-11-12-10-16(15-4-2-3-5-17(15)21)19(26)25(18(12)24-20)14-8-6-13(22)7-9-14;1-4(6)5(2,3)7/h4-14,32H,1-3H3,(H,27,28,29);2-11H,1H3;4,7H,6H2,1-3H3/t14-;;4-/m0.0/s1. The van der Waals surface area contributed by atoms with Gasteiger partial charge in [-0.3, -0.25) is 18.7 Å². The number of aliphatic hydroxyl groups is 2. The molecule has 0 amide bonds. The van der Waals surface area contributed by atoms with Gasteiger partial charge in [0.05, 0.1) is 28.6 Å². The van der Waals surface area contributed by atoms with Crippen LogP contribution in [0.3, 0.4) is 0 Å². The number of hydrogen-bond donors (Lipinski definition) is 4. The van der Waals surface area contributed by atoms with Crippen LogP contribution in [-0.2, 0) is 9.84 Å². The van der Waals surface area contributed by atoms with Gasteiger partial charge < -0.3 is 21.3 Å². The predicted octanol–water partition coefficient (Wildman–Crippen LogP) is 8.56. The van der Waals surface area contributed by atoms with Crippen molar-refractivity contribution < 1.29 is 27.4 Å². The number of hydrogen-bond acceptors (Lipinski definition) is 12. The Kier molecular flexibility index (Phi) is 15.3. The number of fused-ring (bicyclic) bond motifs is 2. The molecule has 19 heteroatoms. The smallest absolute Gasteiger partial charge is 0.264 e. The first-order valence-corrected chi connectivity index (χ1v) is 23.5. The van der Waals surface area contributed by atoms with Gasteiger partial charge in [-0.25, -0.2) is 27.2 Å². The highest BCUT2D eigenvalue weighted by molar-refractivity contribution is 7.90. The first-order valence-electron chi connectivity index (χ1n) is 20.9. The fraction of sp³-hybridized carbons (Fsp3) is 0.224. The van der Waals surface area contributed by atoms with E-state index >= 15 is 0 Å². The summed E-state index contributed by atoms with van der Waals surface area (Å²) < 4.78 is 53.4. The maximum absolute atomic E-state index is 13.6. The molecule has 0 radical (unpaired) electrons. The van der Waals surface area contributed by atoms with Gasteiger partial charge in [-0.2, -0.15) is 9.97 Å². The van der Waals surface area contributed by atoms with Crippen LogP contribution in [0.4, 0.5) is 14.7 Å². The lowest BCUT2D eigenvalue weighted by atomic mass is 10.0. The molecule has 68 heavy (non-hydrogen) atoms. The van der Waals surface area contributed by atoms with Crippen molar-refractivity contribution in [1.82, 2.24) is 29.1 Å². The Morgan fingerprint density at radius 3 is 1.43 bits per heavy atom. The lowest BCUT2D eigenvalue weighted by molar-refractivity contribution is 0.0581. The minimum Gasteiger partial charge on any atom is -0.389 e. The van der Waals surface area contributed by atoms with E-state index in [1.807, 2.05) is 0 Å². The van der Waals surface area contributed by atoms with Crippen molar-refractivity contribution in [2.45, 2.75) is 70.0 Å².